The highest BCUT2D eigenvalue weighted by Crippen LogP contribution is 2.26. The molecule has 7 nitrogen and oxygen atoms in total. The number of nitrogens with zero attached hydrogens (tertiary/aromatic N) is 2. The average molecular weight is 439 g/mol. The lowest BCUT2D eigenvalue weighted by Crippen LogP contribution is -2.37. The average Bonchev–Trinajstić information content (AvgIpc) is 2.73. The molecule has 1 N–H and O–H groups in total. The molecule has 0 amide bonds. The van der Waals surface area contributed by atoms with E-state index in [1.807, 2.05) is 0 Å². The molecule has 0 radical (unpaired) electrons. The summed E-state index contributed by atoms with van der Waals surface area (Å²) < 4.78 is 54.5. The highest BCUT2D eigenvalue weighted by Gasteiger charge is 2.29. The van der Waals surface area contributed by atoms with E-state index in [1.54, 1.807) is 30.3 Å². The highest BCUT2D eigenvalue weighted by molar-refractivity contribution is 7.92. The lowest BCUT2D eigenvalue weighted by atomic mass is 10.2. The molecule has 0 saturated carbocycles. The molecule has 158 valence electrons. The van der Waals surface area contributed by atoms with Gasteiger partial charge in [-0.05, 0) is 56.2 Å². The molecule has 1 aliphatic heterocycles. The van der Waals surface area contributed by atoms with Gasteiger partial charge in [0.1, 0.15) is 0 Å². The van der Waals surface area contributed by atoms with Crippen molar-refractivity contribution in [2.24, 2.45) is 0 Å². The first kappa shape index (κ1) is 21.8. The van der Waals surface area contributed by atoms with E-state index in [0.29, 0.717) is 18.8 Å². The number of anilines is 1. The predicted molar refractivity (Wildman–Crippen MR) is 112 cm³/mol. The quantitative estimate of drug-likeness (QED) is 0.716. The maximum Gasteiger partial charge on any atom is 0.264 e. The van der Waals surface area contributed by atoms with Crippen LogP contribution in [0.5, 0.6) is 0 Å². The van der Waals surface area contributed by atoms with Crippen LogP contribution in [0.3, 0.4) is 0 Å². The van der Waals surface area contributed by atoms with Crippen LogP contribution >= 0.6 is 0 Å². The molecule has 0 bridgehead atoms. The highest BCUT2D eigenvalue weighted by atomic mass is 32.2. The Morgan fingerprint density at radius 2 is 1.45 bits per heavy atom. The van der Waals surface area contributed by atoms with Crippen molar-refractivity contribution in [2.45, 2.75) is 42.1 Å². The number of para-hydroxylation sites is 1. The second kappa shape index (κ2) is 8.83. The minimum absolute atomic E-state index is 0.0282. The van der Waals surface area contributed by atoms with Crippen LogP contribution in [0.2, 0.25) is 0 Å². The molecule has 9 heteroatoms. The number of hydrogen-bond acceptors (Lipinski definition) is 5. The monoisotopic (exact) mass is 438 g/mol. The molecule has 1 unspecified atom stereocenters. The van der Waals surface area contributed by atoms with E-state index in [0.717, 1.165) is 23.6 Å². The molecular weight excluding hydrogens is 412 g/mol. The van der Waals surface area contributed by atoms with E-state index >= 15 is 0 Å². The second-order valence-corrected chi connectivity index (χ2v) is 11.0. The summed E-state index contributed by atoms with van der Waals surface area (Å²) in [6, 6.07) is 13.8. The molecule has 1 saturated heterocycles. The van der Waals surface area contributed by atoms with Crippen molar-refractivity contribution in [1.82, 2.24) is 4.31 Å². The molecule has 0 aromatic heterocycles. The van der Waals surface area contributed by atoms with Crippen molar-refractivity contribution < 1.29 is 21.9 Å². The van der Waals surface area contributed by atoms with E-state index in [9.17, 15) is 21.9 Å². The Hall–Kier alpha value is -1.94. The number of piperidine rings is 1. The van der Waals surface area contributed by atoms with Crippen LogP contribution in [0.25, 0.3) is 0 Å². The Morgan fingerprint density at radius 3 is 2.00 bits per heavy atom. The Kier molecular flexibility index (Phi) is 6.62. The first-order valence-corrected chi connectivity index (χ1v) is 12.5. The van der Waals surface area contributed by atoms with Crippen LogP contribution in [-0.2, 0) is 20.0 Å². The Labute approximate surface area is 172 Å². The third kappa shape index (κ3) is 4.80. The zero-order chi connectivity index (χ0) is 21.1. The van der Waals surface area contributed by atoms with E-state index < -0.39 is 26.2 Å². The molecule has 29 heavy (non-hydrogen) atoms. The SMILES string of the molecule is CC(O)CN(c1ccccc1)S(=O)(=O)c1ccc(S(=O)(=O)N2CCCCC2)cc1. The number of hydrogen-bond donors (Lipinski definition) is 1. The Balaban J connectivity index is 1.92. The van der Waals surface area contributed by atoms with Crippen molar-refractivity contribution in [3.63, 3.8) is 0 Å². The van der Waals surface area contributed by atoms with Gasteiger partial charge in [0, 0.05) is 13.1 Å². The molecule has 3 rings (SSSR count). The van der Waals surface area contributed by atoms with Crippen LogP contribution in [0.1, 0.15) is 26.2 Å². The lowest BCUT2D eigenvalue weighted by molar-refractivity contribution is 0.204. The molecule has 0 aliphatic carbocycles. The van der Waals surface area contributed by atoms with Crippen molar-refractivity contribution in [3.8, 4) is 0 Å². The van der Waals surface area contributed by atoms with Gasteiger partial charge in [0.2, 0.25) is 10.0 Å². The van der Waals surface area contributed by atoms with E-state index in [1.165, 1.54) is 35.5 Å². The topological polar surface area (TPSA) is 95.0 Å². The molecule has 2 aromatic carbocycles. The maximum atomic E-state index is 13.2. The van der Waals surface area contributed by atoms with E-state index in [2.05, 4.69) is 0 Å². The third-order valence-electron chi connectivity index (χ3n) is 4.84. The van der Waals surface area contributed by atoms with Crippen molar-refractivity contribution in [2.75, 3.05) is 23.9 Å². The molecule has 0 spiro atoms. The van der Waals surface area contributed by atoms with Crippen LogP contribution in [0, 0.1) is 0 Å². The summed E-state index contributed by atoms with van der Waals surface area (Å²) in [4.78, 5) is 0.0553. The molecular formula is C20H26N2O5S2. The van der Waals surface area contributed by atoms with Gasteiger partial charge in [-0.1, -0.05) is 24.6 Å². The third-order valence-corrected chi connectivity index (χ3v) is 8.56. The van der Waals surface area contributed by atoms with Gasteiger partial charge < -0.3 is 5.11 Å². The van der Waals surface area contributed by atoms with Crippen molar-refractivity contribution in [3.05, 3.63) is 54.6 Å². The summed E-state index contributed by atoms with van der Waals surface area (Å²) in [5.41, 5.74) is 0.429. The largest absolute Gasteiger partial charge is 0.392 e. The number of rotatable bonds is 7. The standard InChI is InChI=1S/C20H26N2O5S2/c1-17(23)16-22(18-8-4-2-5-9-18)29(26,27)20-12-10-19(11-13-20)28(24,25)21-14-6-3-7-15-21/h2,4-5,8-13,17,23H,3,6-7,14-16H2,1H3. The normalized spacial score (nSPS) is 17.0. The molecule has 1 heterocycles. The van der Waals surface area contributed by atoms with Crippen LogP contribution < -0.4 is 4.31 Å². The van der Waals surface area contributed by atoms with Gasteiger partial charge in [0.25, 0.3) is 10.0 Å². The van der Waals surface area contributed by atoms with Gasteiger partial charge in [-0.3, -0.25) is 4.31 Å². The fraction of sp³-hybridized carbons (Fsp3) is 0.400. The number of benzene rings is 2. The van der Waals surface area contributed by atoms with Gasteiger partial charge in [0.15, 0.2) is 0 Å². The van der Waals surface area contributed by atoms with Crippen molar-refractivity contribution >= 4 is 25.7 Å². The molecule has 1 atom stereocenters. The summed E-state index contributed by atoms with van der Waals surface area (Å²) in [7, 11) is -7.60. The lowest BCUT2D eigenvalue weighted by Gasteiger charge is -2.27. The van der Waals surface area contributed by atoms with Crippen LogP contribution in [0.4, 0.5) is 5.69 Å². The van der Waals surface area contributed by atoms with E-state index in [4.69, 9.17) is 0 Å². The first-order chi connectivity index (χ1) is 13.7. The van der Waals surface area contributed by atoms with Gasteiger partial charge in [-0.2, -0.15) is 4.31 Å². The Bertz CT molecular complexity index is 1010. The zero-order valence-electron chi connectivity index (χ0n) is 16.3. The summed E-state index contributed by atoms with van der Waals surface area (Å²) in [6.45, 7) is 2.37. The Morgan fingerprint density at radius 1 is 0.897 bits per heavy atom. The minimum atomic E-state index is -3.97. The predicted octanol–water partition coefficient (Wildman–Crippen LogP) is 2.44. The fourth-order valence-electron chi connectivity index (χ4n) is 3.34. The molecule has 1 fully saturated rings. The van der Waals surface area contributed by atoms with Crippen LogP contribution in [-0.4, -0.2) is 52.0 Å². The molecule has 1 aliphatic rings. The summed E-state index contributed by atoms with van der Waals surface area (Å²) in [5.74, 6) is 0. The fourth-order valence-corrected chi connectivity index (χ4v) is 6.40. The number of sulfonamides is 2. The first-order valence-electron chi connectivity index (χ1n) is 9.59. The smallest absolute Gasteiger partial charge is 0.264 e. The summed E-state index contributed by atoms with van der Waals surface area (Å²) in [6.07, 6.45) is 1.80. The van der Waals surface area contributed by atoms with Gasteiger partial charge in [0.05, 0.1) is 28.1 Å². The van der Waals surface area contributed by atoms with Gasteiger partial charge >= 0.3 is 0 Å². The maximum absolute atomic E-state index is 13.2. The summed E-state index contributed by atoms with van der Waals surface area (Å²) >= 11 is 0. The van der Waals surface area contributed by atoms with E-state index in [-0.39, 0.29) is 16.3 Å². The number of aliphatic hydroxyl groups excluding tert-OH is 1. The molecule has 2 aromatic rings. The van der Waals surface area contributed by atoms with Crippen LogP contribution in [0.15, 0.2) is 64.4 Å². The van der Waals surface area contributed by atoms with Gasteiger partial charge in [-0.25, -0.2) is 16.8 Å². The second-order valence-electron chi connectivity index (χ2n) is 7.16. The minimum Gasteiger partial charge on any atom is -0.392 e. The van der Waals surface area contributed by atoms with Gasteiger partial charge in [-0.15, -0.1) is 0 Å². The number of aliphatic hydroxyl groups is 1. The summed E-state index contributed by atoms with van der Waals surface area (Å²) in [5, 5.41) is 9.80. The zero-order valence-corrected chi connectivity index (χ0v) is 17.9. The van der Waals surface area contributed by atoms with Crippen molar-refractivity contribution in [1.29, 1.82) is 0 Å².